The molecule has 3 aromatic rings. The molecule has 1 heterocycles. The van der Waals surface area contributed by atoms with Crippen molar-refractivity contribution in [1.29, 1.82) is 5.26 Å². The highest BCUT2D eigenvalue weighted by atomic mass is 32.2. The molecule has 0 radical (unpaired) electrons. The fourth-order valence-corrected chi connectivity index (χ4v) is 4.99. The Kier molecular flexibility index (Phi) is 8.18. The molecule has 0 saturated carbocycles. The Morgan fingerprint density at radius 2 is 1.89 bits per heavy atom. The van der Waals surface area contributed by atoms with Gasteiger partial charge in [0.15, 0.2) is 6.19 Å². The molecule has 0 fully saturated rings. The van der Waals surface area contributed by atoms with Crippen LogP contribution in [0.15, 0.2) is 58.4 Å². The normalized spacial score (nSPS) is 12.7. The number of halogens is 2. The summed E-state index contributed by atoms with van der Waals surface area (Å²) < 4.78 is 43.1. The molecule has 0 spiro atoms. The Morgan fingerprint density at radius 3 is 2.49 bits per heavy atom. The van der Waals surface area contributed by atoms with E-state index in [2.05, 4.69) is 15.9 Å². The molecule has 0 bridgehead atoms. The summed E-state index contributed by atoms with van der Waals surface area (Å²) in [6.45, 7) is 7.36. The minimum Gasteiger partial charge on any atom is -0.348 e. The number of nitrogens with one attached hydrogen (secondary N) is 2. The summed E-state index contributed by atoms with van der Waals surface area (Å²) in [5, 5.41) is 11.5. The van der Waals surface area contributed by atoms with Gasteiger partial charge in [-0.15, -0.1) is 0 Å². The van der Waals surface area contributed by atoms with E-state index in [0.717, 1.165) is 0 Å². The summed E-state index contributed by atoms with van der Waals surface area (Å²) in [5.41, 5.74) is 1.63. The number of aromatic nitrogens is 1. The summed E-state index contributed by atoms with van der Waals surface area (Å²) in [6.07, 6.45) is 0.424. The van der Waals surface area contributed by atoms with Crippen molar-refractivity contribution in [1.82, 2.24) is 14.6 Å². The second-order valence-corrected chi connectivity index (χ2v) is 10.9. The van der Waals surface area contributed by atoms with Crippen LogP contribution in [-0.2, 0) is 16.3 Å². The largest absolute Gasteiger partial charge is 0.348 e. The summed E-state index contributed by atoms with van der Waals surface area (Å²) in [6, 6.07) is 10.3. The number of carbonyl (C=O) groups excluding carboxylic acids is 1. The van der Waals surface area contributed by atoms with Crippen LogP contribution in [0.5, 0.6) is 0 Å². The molecule has 1 atom stereocenters. The van der Waals surface area contributed by atoms with E-state index in [1.807, 2.05) is 13.8 Å². The highest BCUT2D eigenvalue weighted by Gasteiger charge is 2.21. The zero-order chi connectivity index (χ0) is 27.5. The third-order valence-electron chi connectivity index (χ3n) is 6.06. The standard InChI is InChI=1S/C27H28F2N4O3S/c1-16(2)33-14-23(25(34)24(18(33)4)19-7-6-8-20(12-19)26(28)29)27(35)31-13-21-9-10-22(11-17(21)3)37(5,36)32-15-30/h6-12,14,16,26H,5,13H2,1-4H3,(H,31,35)(H,32,36). The minimum absolute atomic E-state index is 0.0835. The van der Waals surface area contributed by atoms with Gasteiger partial charge in [0.2, 0.25) is 5.43 Å². The average molecular weight is 527 g/mol. The smallest absolute Gasteiger partial charge is 0.263 e. The van der Waals surface area contributed by atoms with Gasteiger partial charge in [-0.2, -0.15) is 5.26 Å². The van der Waals surface area contributed by atoms with Crippen molar-refractivity contribution in [2.24, 2.45) is 0 Å². The van der Waals surface area contributed by atoms with Crippen LogP contribution < -0.4 is 15.5 Å². The average Bonchev–Trinajstić information content (AvgIpc) is 2.83. The number of hydrogen-bond acceptors (Lipinski definition) is 4. The van der Waals surface area contributed by atoms with E-state index < -0.39 is 27.5 Å². The van der Waals surface area contributed by atoms with Crippen LogP contribution in [-0.4, -0.2) is 20.6 Å². The number of alkyl halides is 2. The minimum atomic E-state index is -2.98. The molecule has 0 aliphatic carbocycles. The van der Waals surface area contributed by atoms with Crippen molar-refractivity contribution in [2.75, 3.05) is 0 Å². The van der Waals surface area contributed by atoms with Crippen LogP contribution in [0, 0.1) is 25.3 Å². The maximum atomic E-state index is 13.4. The molecule has 1 unspecified atom stereocenters. The molecule has 0 aliphatic rings. The van der Waals surface area contributed by atoms with E-state index >= 15 is 0 Å². The van der Waals surface area contributed by atoms with E-state index in [9.17, 15) is 22.6 Å². The lowest BCUT2D eigenvalue weighted by molar-refractivity contribution is 0.0949. The molecule has 1 aromatic heterocycles. The van der Waals surface area contributed by atoms with Gasteiger partial charge in [-0.05, 0) is 68.5 Å². The molecule has 10 heteroatoms. The van der Waals surface area contributed by atoms with E-state index in [1.54, 1.807) is 48.9 Å². The van der Waals surface area contributed by atoms with Crippen molar-refractivity contribution in [3.8, 4) is 17.3 Å². The first kappa shape index (κ1) is 27.6. The van der Waals surface area contributed by atoms with E-state index in [0.29, 0.717) is 27.3 Å². The summed E-state index contributed by atoms with van der Waals surface area (Å²) in [7, 11) is -2.98. The lowest BCUT2D eigenvalue weighted by atomic mass is 9.98. The molecule has 0 aliphatic heterocycles. The van der Waals surface area contributed by atoms with Crippen LogP contribution in [0.3, 0.4) is 0 Å². The van der Waals surface area contributed by atoms with E-state index in [1.165, 1.54) is 24.4 Å². The zero-order valence-electron chi connectivity index (χ0n) is 21.0. The van der Waals surface area contributed by atoms with E-state index in [4.69, 9.17) is 5.26 Å². The van der Waals surface area contributed by atoms with Crippen molar-refractivity contribution < 1.29 is 17.8 Å². The van der Waals surface area contributed by atoms with Crippen LogP contribution in [0.1, 0.15) is 59.1 Å². The molecule has 2 N–H and O–H groups in total. The first-order chi connectivity index (χ1) is 17.4. The third kappa shape index (κ3) is 5.89. The third-order valence-corrected chi connectivity index (χ3v) is 7.50. The van der Waals surface area contributed by atoms with Crippen LogP contribution >= 0.6 is 0 Å². The van der Waals surface area contributed by atoms with Gasteiger partial charge in [0.1, 0.15) is 5.56 Å². The highest BCUT2D eigenvalue weighted by Crippen LogP contribution is 2.27. The molecule has 2 aromatic carbocycles. The summed E-state index contributed by atoms with van der Waals surface area (Å²) in [4.78, 5) is 27.0. The SMILES string of the molecule is C=S(=O)(NC#N)c1ccc(CNC(=O)c2cn(C(C)C)c(C)c(-c3cccc(C(F)F)c3)c2=O)c(C)c1. The van der Waals surface area contributed by atoms with Crippen LogP contribution in [0.2, 0.25) is 0 Å². The topological polar surface area (TPSA) is 104 Å². The molecular weight excluding hydrogens is 498 g/mol. The number of amides is 1. The first-order valence-electron chi connectivity index (χ1n) is 11.4. The number of carbonyl (C=O) groups is 1. The fourth-order valence-electron chi connectivity index (χ4n) is 4.07. The van der Waals surface area contributed by atoms with Gasteiger partial charge in [0.25, 0.3) is 12.3 Å². The Morgan fingerprint density at radius 1 is 1.19 bits per heavy atom. The van der Waals surface area contributed by atoms with Gasteiger partial charge in [-0.25, -0.2) is 17.7 Å². The van der Waals surface area contributed by atoms with Gasteiger partial charge in [-0.1, -0.05) is 24.3 Å². The Labute approximate surface area is 214 Å². The van der Waals surface area contributed by atoms with Crippen LogP contribution in [0.25, 0.3) is 11.1 Å². The number of pyridine rings is 1. The van der Waals surface area contributed by atoms with Crippen molar-refractivity contribution in [3.63, 3.8) is 0 Å². The summed E-state index contributed by atoms with van der Waals surface area (Å²) in [5.74, 6) is 2.94. The van der Waals surface area contributed by atoms with Gasteiger partial charge in [0.05, 0.1) is 14.6 Å². The number of benzene rings is 2. The number of nitrogens with zero attached hydrogens (tertiary/aromatic N) is 2. The van der Waals surface area contributed by atoms with Crippen molar-refractivity contribution in [3.05, 3.63) is 86.8 Å². The molecule has 0 saturated heterocycles. The fraction of sp³-hybridized carbons (Fsp3) is 0.259. The van der Waals surface area contributed by atoms with Gasteiger partial charge in [-0.3, -0.25) is 9.59 Å². The predicted octanol–water partition coefficient (Wildman–Crippen LogP) is 4.64. The lowest BCUT2D eigenvalue weighted by Crippen LogP contribution is -2.31. The highest BCUT2D eigenvalue weighted by molar-refractivity contribution is 7.98. The molecule has 37 heavy (non-hydrogen) atoms. The van der Waals surface area contributed by atoms with Crippen molar-refractivity contribution >= 4 is 21.5 Å². The molecular formula is C27H28F2N4O3S. The zero-order valence-corrected chi connectivity index (χ0v) is 21.8. The van der Waals surface area contributed by atoms with E-state index in [-0.39, 0.29) is 29.3 Å². The second kappa shape index (κ2) is 11.0. The number of hydrogen-bond donors (Lipinski definition) is 2. The molecule has 3 rings (SSSR count). The monoisotopic (exact) mass is 526 g/mol. The van der Waals surface area contributed by atoms with Crippen LogP contribution in [0.4, 0.5) is 8.78 Å². The molecule has 1 amide bonds. The lowest BCUT2D eigenvalue weighted by Gasteiger charge is -2.20. The number of aryl methyl sites for hydroxylation is 1. The number of nitriles is 1. The van der Waals surface area contributed by atoms with Crippen molar-refractivity contribution in [2.45, 2.75) is 51.6 Å². The Bertz CT molecular complexity index is 1550. The quantitative estimate of drug-likeness (QED) is 0.253. The maximum absolute atomic E-state index is 13.4. The molecule has 194 valence electrons. The Balaban J connectivity index is 1.98. The predicted molar refractivity (Wildman–Crippen MR) is 141 cm³/mol. The van der Waals surface area contributed by atoms with Gasteiger partial charge >= 0.3 is 0 Å². The second-order valence-electron chi connectivity index (χ2n) is 8.92. The summed E-state index contributed by atoms with van der Waals surface area (Å²) >= 11 is 0. The first-order valence-corrected chi connectivity index (χ1v) is 13.1. The van der Waals surface area contributed by atoms with Gasteiger partial charge < -0.3 is 9.88 Å². The molecule has 7 nitrogen and oxygen atoms in total. The van der Waals surface area contributed by atoms with Gasteiger partial charge in [0, 0.05) is 35.6 Å². The maximum Gasteiger partial charge on any atom is 0.263 e. The Hall–Kier alpha value is -3.97. The number of rotatable bonds is 8.